The molecule has 1 N–H and O–H groups in total. The van der Waals surface area contributed by atoms with Crippen LogP contribution in [0.2, 0.25) is 0 Å². The Labute approximate surface area is 151 Å². The van der Waals surface area contributed by atoms with Crippen molar-refractivity contribution in [3.05, 3.63) is 47.5 Å². The molecule has 0 radical (unpaired) electrons. The van der Waals surface area contributed by atoms with E-state index in [0.29, 0.717) is 12.1 Å². The summed E-state index contributed by atoms with van der Waals surface area (Å²) in [6.07, 6.45) is 0.592. The maximum Gasteiger partial charge on any atom is 0.339 e. The summed E-state index contributed by atoms with van der Waals surface area (Å²) in [5.74, 6) is -1.27. The summed E-state index contributed by atoms with van der Waals surface area (Å²) in [6.45, 7) is 1.82. The fourth-order valence-electron chi connectivity index (χ4n) is 3.26. The summed E-state index contributed by atoms with van der Waals surface area (Å²) in [5.41, 5.74) is 1.26. The number of para-hydroxylation sites is 1. The van der Waals surface area contributed by atoms with E-state index < -0.39 is 16.0 Å². The van der Waals surface area contributed by atoms with Crippen molar-refractivity contribution in [2.24, 2.45) is 0 Å². The molecule has 0 spiro atoms. The lowest BCUT2D eigenvalue weighted by Crippen LogP contribution is -2.35. The summed E-state index contributed by atoms with van der Waals surface area (Å²) in [6, 6.07) is 9.38. The van der Waals surface area contributed by atoms with Crippen molar-refractivity contribution in [3.63, 3.8) is 0 Å². The SMILES string of the molecule is COc1cc(S(=O)(=O)N2c3ccccc3C[C@@H]2C)cc(C(=O)O)c1OC. The molecule has 3 rings (SSSR count). The van der Waals surface area contributed by atoms with Crippen LogP contribution in [0.1, 0.15) is 22.8 Å². The van der Waals surface area contributed by atoms with E-state index in [1.54, 1.807) is 12.1 Å². The highest BCUT2D eigenvalue weighted by Crippen LogP contribution is 2.40. The van der Waals surface area contributed by atoms with Gasteiger partial charge in [0, 0.05) is 12.1 Å². The van der Waals surface area contributed by atoms with Crippen LogP contribution < -0.4 is 13.8 Å². The number of hydrogen-bond donors (Lipinski definition) is 1. The van der Waals surface area contributed by atoms with Crippen LogP contribution in [0.4, 0.5) is 5.69 Å². The van der Waals surface area contributed by atoms with E-state index in [9.17, 15) is 18.3 Å². The molecule has 0 bridgehead atoms. The number of rotatable bonds is 5. The first-order valence-corrected chi connectivity index (χ1v) is 9.37. The Morgan fingerprint density at radius 3 is 2.50 bits per heavy atom. The van der Waals surface area contributed by atoms with Crippen LogP contribution in [0, 0.1) is 0 Å². The number of aromatic carboxylic acids is 1. The molecule has 0 unspecified atom stereocenters. The van der Waals surface area contributed by atoms with E-state index in [-0.39, 0.29) is 28.0 Å². The molecule has 1 atom stereocenters. The molecule has 1 heterocycles. The van der Waals surface area contributed by atoms with Gasteiger partial charge in [0.2, 0.25) is 0 Å². The Kier molecular flexibility index (Phi) is 4.53. The average molecular weight is 377 g/mol. The van der Waals surface area contributed by atoms with Gasteiger partial charge in [-0.3, -0.25) is 4.31 Å². The van der Waals surface area contributed by atoms with Gasteiger partial charge in [0.1, 0.15) is 5.56 Å². The minimum Gasteiger partial charge on any atom is -0.493 e. The molecule has 26 heavy (non-hydrogen) atoms. The first-order chi connectivity index (χ1) is 12.3. The maximum absolute atomic E-state index is 13.3. The minimum atomic E-state index is -3.98. The number of fused-ring (bicyclic) bond motifs is 1. The molecule has 0 saturated carbocycles. The Bertz CT molecular complexity index is 970. The zero-order valence-electron chi connectivity index (χ0n) is 14.6. The van der Waals surface area contributed by atoms with Crippen molar-refractivity contribution < 1.29 is 27.8 Å². The molecule has 0 fully saturated rings. The Morgan fingerprint density at radius 1 is 1.19 bits per heavy atom. The van der Waals surface area contributed by atoms with Crippen molar-refractivity contribution in [3.8, 4) is 11.5 Å². The summed E-state index contributed by atoms with van der Waals surface area (Å²) in [7, 11) is -1.35. The highest BCUT2D eigenvalue weighted by atomic mass is 32.2. The lowest BCUT2D eigenvalue weighted by molar-refractivity contribution is 0.0692. The van der Waals surface area contributed by atoms with Crippen molar-refractivity contribution in [2.75, 3.05) is 18.5 Å². The molecule has 2 aromatic carbocycles. The highest BCUT2D eigenvalue weighted by molar-refractivity contribution is 7.92. The minimum absolute atomic E-state index is 0.0196. The van der Waals surface area contributed by atoms with Crippen LogP contribution in [-0.2, 0) is 16.4 Å². The summed E-state index contributed by atoms with van der Waals surface area (Å²) >= 11 is 0. The van der Waals surface area contributed by atoms with Gasteiger partial charge in [-0.25, -0.2) is 13.2 Å². The second kappa shape index (κ2) is 6.53. The maximum atomic E-state index is 13.3. The van der Waals surface area contributed by atoms with Gasteiger partial charge in [0.05, 0.1) is 24.8 Å². The predicted molar refractivity (Wildman–Crippen MR) is 95.8 cm³/mol. The molecule has 1 aliphatic heterocycles. The molecule has 0 aliphatic carbocycles. The number of carboxylic acid groups (broad SMARTS) is 1. The second-order valence-electron chi connectivity index (χ2n) is 5.99. The average Bonchev–Trinajstić information content (AvgIpc) is 2.96. The molecule has 8 heteroatoms. The zero-order valence-corrected chi connectivity index (χ0v) is 15.4. The summed E-state index contributed by atoms with van der Waals surface area (Å²) in [5, 5.41) is 9.44. The standard InChI is InChI=1S/C18H19NO6S/c1-11-8-12-6-4-5-7-15(12)19(11)26(22,23)13-9-14(18(20)21)17(25-3)16(10-13)24-2/h4-7,9-11H,8H2,1-3H3,(H,20,21)/t11-/m0/s1. The normalized spacial score (nSPS) is 16.3. The van der Waals surface area contributed by atoms with Gasteiger partial charge in [-0.15, -0.1) is 0 Å². The number of methoxy groups -OCH3 is 2. The Balaban J connectivity index is 2.20. The van der Waals surface area contributed by atoms with Crippen molar-refractivity contribution >= 4 is 21.7 Å². The third kappa shape index (κ3) is 2.76. The van der Waals surface area contributed by atoms with Gasteiger partial charge >= 0.3 is 5.97 Å². The number of sulfonamides is 1. The molecule has 0 aromatic heterocycles. The summed E-state index contributed by atoms with van der Waals surface area (Å²) in [4.78, 5) is 11.4. The molecule has 0 amide bonds. The number of ether oxygens (including phenoxy) is 2. The van der Waals surface area contributed by atoms with Gasteiger partial charge in [0.25, 0.3) is 10.0 Å². The van der Waals surface area contributed by atoms with E-state index in [2.05, 4.69) is 0 Å². The number of anilines is 1. The van der Waals surface area contributed by atoms with Gasteiger partial charge in [0.15, 0.2) is 11.5 Å². The first kappa shape index (κ1) is 18.1. The summed E-state index contributed by atoms with van der Waals surface area (Å²) < 4.78 is 38.1. The smallest absolute Gasteiger partial charge is 0.339 e. The zero-order chi connectivity index (χ0) is 19.1. The quantitative estimate of drug-likeness (QED) is 0.861. The Morgan fingerprint density at radius 2 is 1.88 bits per heavy atom. The number of nitrogens with zero attached hydrogens (tertiary/aromatic N) is 1. The van der Waals surface area contributed by atoms with Gasteiger partial charge in [-0.1, -0.05) is 18.2 Å². The van der Waals surface area contributed by atoms with E-state index in [1.807, 2.05) is 19.1 Å². The fourth-order valence-corrected chi connectivity index (χ4v) is 5.00. The van der Waals surface area contributed by atoms with Crippen LogP contribution in [0.3, 0.4) is 0 Å². The first-order valence-electron chi connectivity index (χ1n) is 7.93. The van der Waals surface area contributed by atoms with Crippen LogP contribution in [0.25, 0.3) is 0 Å². The van der Waals surface area contributed by atoms with Crippen molar-refractivity contribution in [1.29, 1.82) is 0 Å². The van der Waals surface area contributed by atoms with Crippen LogP contribution in [-0.4, -0.2) is 39.8 Å². The molecular weight excluding hydrogens is 358 g/mol. The molecule has 138 valence electrons. The van der Waals surface area contributed by atoms with Crippen LogP contribution in [0.5, 0.6) is 11.5 Å². The van der Waals surface area contributed by atoms with Gasteiger partial charge < -0.3 is 14.6 Å². The lowest BCUT2D eigenvalue weighted by Gasteiger charge is -2.25. The van der Waals surface area contributed by atoms with Gasteiger partial charge in [-0.05, 0) is 31.0 Å². The monoisotopic (exact) mass is 377 g/mol. The van der Waals surface area contributed by atoms with Crippen molar-refractivity contribution in [2.45, 2.75) is 24.3 Å². The number of hydrogen-bond acceptors (Lipinski definition) is 5. The topological polar surface area (TPSA) is 93.1 Å². The number of benzene rings is 2. The van der Waals surface area contributed by atoms with Crippen LogP contribution >= 0.6 is 0 Å². The van der Waals surface area contributed by atoms with E-state index >= 15 is 0 Å². The molecular formula is C18H19NO6S. The number of carboxylic acids is 1. The third-order valence-electron chi connectivity index (χ3n) is 4.38. The van der Waals surface area contributed by atoms with E-state index in [4.69, 9.17) is 9.47 Å². The second-order valence-corrected chi connectivity index (χ2v) is 7.81. The highest BCUT2D eigenvalue weighted by Gasteiger charge is 2.37. The fraction of sp³-hybridized carbons (Fsp3) is 0.278. The predicted octanol–water partition coefficient (Wildman–Crippen LogP) is 2.54. The third-order valence-corrected chi connectivity index (χ3v) is 6.29. The van der Waals surface area contributed by atoms with Gasteiger partial charge in [-0.2, -0.15) is 0 Å². The van der Waals surface area contributed by atoms with E-state index in [1.165, 1.54) is 24.6 Å². The molecule has 0 saturated heterocycles. The largest absolute Gasteiger partial charge is 0.493 e. The molecule has 7 nitrogen and oxygen atoms in total. The van der Waals surface area contributed by atoms with Crippen LogP contribution in [0.15, 0.2) is 41.3 Å². The van der Waals surface area contributed by atoms with E-state index in [0.717, 1.165) is 11.6 Å². The lowest BCUT2D eigenvalue weighted by atomic mass is 10.1. The Hall–Kier alpha value is -2.74. The molecule has 2 aromatic rings. The van der Waals surface area contributed by atoms with Crippen molar-refractivity contribution in [1.82, 2.24) is 0 Å². The molecule has 1 aliphatic rings. The number of carbonyl (C=O) groups is 1.